The van der Waals surface area contributed by atoms with Crippen LogP contribution in [0.25, 0.3) is 0 Å². The zero-order chi connectivity index (χ0) is 14.2. The highest BCUT2D eigenvalue weighted by atomic mass is 79.9. The normalized spacial score (nSPS) is 10.3. The Labute approximate surface area is 127 Å². The van der Waals surface area contributed by atoms with Crippen molar-refractivity contribution in [3.63, 3.8) is 0 Å². The monoisotopic (exact) mass is 335 g/mol. The zero-order valence-corrected chi connectivity index (χ0v) is 13.1. The van der Waals surface area contributed by atoms with Crippen molar-refractivity contribution in [3.8, 4) is 5.88 Å². The number of nitrogens with zero attached hydrogens (tertiary/aromatic N) is 3. The van der Waals surface area contributed by atoms with Gasteiger partial charge in [0.25, 0.3) is 0 Å². The number of benzene rings is 1. The molecule has 0 aliphatic heterocycles. The van der Waals surface area contributed by atoms with E-state index in [1.807, 2.05) is 25.1 Å². The van der Waals surface area contributed by atoms with Crippen molar-refractivity contribution >= 4 is 21.7 Å². The molecule has 2 aromatic rings. The third kappa shape index (κ3) is 4.20. The standard InChI is InChI=1S/C15H18BrN3O/c1-2-20-15-11-17-10-14(18-15)19(9-8-16)12-13-6-4-3-5-7-13/h3-7,10-11H,2,8-9,12H2,1H3. The maximum Gasteiger partial charge on any atom is 0.234 e. The fourth-order valence-corrected chi connectivity index (χ4v) is 2.32. The van der Waals surface area contributed by atoms with Crippen LogP contribution in [0.5, 0.6) is 5.88 Å². The number of halogens is 1. The summed E-state index contributed by atoms with van der Waals surface area (Å²) in [7, 11) is 0. The topological polar surface area (TPSA) is 38.2 Å². The molecule has 106 valence electrons. The van der Waals surface area contributed by atoms with Crippen LogP contribution in [0.2, 0.25) is 0 Å². The van der Waals surface area contributed by atoms with Crippen LogP contribution in [0.1, 0.15) is 12.5 Å². The van der Waals surface area contributed by atoms with E-state index in [-0.39, 0.29) is 0 Å². The van der Waals surface area contributed by atoms with Crippen LogP contribution in [-0.2, 0) is 6.54 Å². The lowest BCUT2D eigenvalue weighted by atomic mass is 10.2. The Morgan fingerprint density at radius 3 is 2.70 bits per heavy atom. The average Bonchev–Trinajstić information content (AvgIpc) is 2.49. The van der Waals surface area contributed by atoms with Crippen LogP contribution in [-0.4, -0.2) is 28.4 Å². The molecule has 1 aromatic heterocycles. The average molecular weight is 336 g/mol. The summed E-state index contributed by atoms with van der Waals surface area (Å²) in [6.45, 7) is 4.19. The second-order valence-electron chi connectivity index (χ2n) is 4.24. The Hall–Kier alpha value is -1.62. The number of anilines is 1. The number of hydrogen-bond acceptors (Lipinski definition) is 4. The third-order valence-electron chi connectivity index (χ3n) is 2.79. The van der Waals surface area contributed by atoms with Gasteiger partial charge < -0.3 is 9.64 Å². The van der Waals surface area contributed by atoms with Gasteiger partial charge in [-0.1, -0.05) is 46.3 Å². The molecule has 0 aliphatic rings. The molecule has 20 heavy (non-hydrogen) atoms. The van der Waals surface area contributed by atoms with Crippen molar-refractivity contribution in [1.29, 1.82) is 0 Å². The number of aromatic nitrogens is 2. The number of rotatable bonds is 7. The molecule has 0 amide bonds. The lowest BCUT2D eigenvalue weighted by Gasteiger charge is -2.22. The molecule has 0 saturated carbocycles. The molecule has 1 heterocycles. The Morgan fingerprint density at radius 2 is 2.00 bits per heavy atom. The molecule has 0 bridgehead atoms. The number of alkyl halides is 1. The van der Waals surface area contributed by atoms with Gasteiger partial charge in [-0.15, -0.1) is 0 Å². The van der Waals surface area contributed by atoms with Gasteiger partial charge in [-0.2, -0.15) is 4.98 Å². The van der Waals surface area contributed by atoms with Gasteiger partial charge in [0.05, 0.1) is 19.0 Å². The van der Waals surface area contributed by atoms with Crippen LogP contribution in [0, 0.1) is 0 Å². The summed E-state index contributed by atoms with van der Waals surface area (Å²) < 4.78 is 5.41. The molecule has 5 heteroatoms. The number of ether oxygens (including phenoxy) is 1. The first-order valence-electron chi connectivity index (χ1n) is 6.63. The summed E-state index contributed by atoms with van der Waals surface area (Å²) in [5, 5.41) is 0.875. The molecule has 0 radical (unpaired) electrons. The fraction of sp³-hybridized carbons (Fsp3) is 0.333. The zero-order valence-electron chi connectivity index (χ0n) is 11.5. The van der Waals surface area contributed by atoms with E-state index < -0.39 is 0 Å². The van der Waals surface area contributed by atoms with Gasteiger partial charge in [0.2, 0.25) is 5.88 Å². The summed E-state index contributed by atoms with van der Waals surface area (Å²) >= 11 is 3.49. The third-order valence-corrected chi connectivity index (χ3v) is 3.14. The van der Waals surface area contributed by atoms with E-state index in [4.69, 9.17) is 4.74 Å². The van der Waals surface area contributed by atoms with Crippen LogP contribution in [0.15, 0.2) is 42.7 Å². The van der Waals surface area contributed by atoms with Gasteiger partial charge in [-0.3, -0.25) is 4.98 Å². The molecule has 0 atom stereocenters. The van der Waals surface area contributed by atoms with Crippen LogP contribution < -0.4 is 9.64 Å². The first-order valence-corrected chi connectivity index (χ1v) is 7.75. The Bertz CT molecular complexity index is 522. The number of hydrogen-bond donors (Lipinski definition) is 0. The fourth-order valence-electron chi connectivity index (χ4n) is 1.89. The van der Waals surface area contributed by atoms with Gasteiger partial charge >= 0.3 is 0 Å². The first kappa shape index (κ1) is 14.8. The lowest BCUT2D eigenvalue weighted by molar-refractivity contribution is 0.325. The molecule has 0 saturated heterocycles. The molecule has 1 aromatic carbocycles. The summed E-state index contributed by atoms with van der Waals surface area (Å²) in [6.07, 6.45) is 3.41. The second-order valence-corrected chi connectivity index (χ2v) is 5.04. The van der Waals surface area contributed by atoms with Crippen LogP contribution in [0.4, 0.5) is 5.82 Å². The molecule has 0 N–H and O–H groups in total. The van der Waals surface area contributed by atoms with E-state index >= 15 is 0 Å². The summed E-state index contributed by atoms with van der Waals surface area (Å²) in [5.74, 6) is 1.40. The summed E-state index contributed by atoms with van der Waals surface area (Å²) in [5.41, 5.74) is 1.25. The van der Waals surface area contributed by atoms with E-state index in [1.54, 1.807) is 12.4 Å². The second kappa shape index (κ2) is 7.85. The quantitative estimate of drug-likeness (QED) is 0.728. The van der Waals surface area contributed by atoms with Crippen LogP contribution >= 0.6 is 15.9 Å². The Kier molecular flexibility index (Phi) is 5.80. The van der Waals surface area contributed by atoms with Crippen LogP contribution in [0.3, 0.4) is 0 Å². The summed E-state index contributed by atoms with van der Waals surface area (Å²) in [6, 6.07) is 10.3. The van der Waals surface area contributed by atoms with E-state index in [0.29, 0.717) is 12.5 Å². The van der Waals surface area contributed by atoms with E-state index in [9.17, 15) is 0 Å². The van der Waals surface area contributed by atoms with Crippen molar-refractivity contribution in [3.05, 3.63) is 48.3 Å². The van der Waals surface area contributed by atoms with Crippen molar-refractivity contribution in [1.82, 2.24) is 9.97 Å². The van der Waals surface area contributed by atoms with Gasteiger partial charge in [-0.05, 0) is 12.5 Å². The first-order chi connectivity index (χ1) is 9.83. The van der Waals surface area contributed by atoms with E-state index in [0.717, 1.165) is 24.2 Å². The van der Waals surface area contributed by atoms with Crippen molar-refractivity contribution < 1.29 is 4.74 Å². The van der Waals surface area contributed by atoms with Crippen molar-refractivity contribution in [2.75, 3.05) is 23.4 Å². The maximum atomic E-state index is 5.41. The van der Waals surface area contributed by atoms with E-state index in [2.05, 4.69) is 42.9 Å². The minimum absolute atomic E-state index is 0.567. The SMILES string of the molecule is CCOc1cncc(N(CCBr)Cc2ccccc2)n1. The molecular formula is C15H18BrN3O. The maximum absolute atomic E-state index is 5.41. The largest absolute Gasteiger partial charge is 0.477 e. The minimum atomic E-state index is 0.567. The smallest absolute Gasteiger partial charge is 0.234 e. The Balaban J connectivity index is 2.17. The Morgan fingerprint density at radius 1 is 1.20 bits per heavy atom. The molecular weight excluding hydrogens is 318 g/mol. The highest BCUT2D eigenvalue weighted by molar-refractivity contribution is 9.09. The van der Waals surface area contributed by atoms with Crippen molar-refractivity contribution in [2.24, 2.45) is 0 Å². The van der Waals surface area contributed by atoms with Crippen molar-refractivity contribution in [2.45, 2.75) is 13.5 Å². The predicted molar refractivity (Wildman–Crippen MR) is 84.5 cm³/mol. The lowest BCUT2D eigenvalue weighted by Crippen LogP contribution is -2.26. The highest BCUT2D eigenvalue weighted by Gasteiger charge is 2.10. The van der Waals surface area contributed by atoms with Gasteiger partial charge in [-0.25, -0.2) is 0 Å². The molecule has 2 rings (SSSR count). The minimum Gasteiger partial charge on any atom is -0.477 e. The molecule has 4 nitrogen and oxygen atoms in total. The molecule has 0 fully saturated rings. The highest BCUT2D eigenvalue weighted by Crippen LogP contribution is 2.17. The van der Waals surface area contributed by atoms with Gasteiger partial charge in [0.1, 0.15) is 0 Å². The molecule has 0 aliphatic carbocycles. The van der Waals surface area contributed by atoms with Gasteiger partial charge in [0.15, 0.2) is 5.82 Å². The molecule has 0 spiro atoms. The summed E-state index contributed by atoms with van der Waals surface area (Å²) in [4.78, 5) is 10.9. The van der Waals surface area contributed by atoms with E-state index in [1.165, 1.54) is 5.56 Å². The molecule has 0 unspecified atom stereocenters. The van der Waals surface area contributed by atoms with Gasteiger partial charge in [0, 0.05) is 18.4 Å². The predicted octanol–water partition coefficient (Wildman–Crippen LogP) is 3.28.